The van der Waals surface area contributed by atoms with Crippen molar-refractivity contribution < 1.29 is 14.3 Å². The van der Waals surface area contributed by atoms with Crippen molar-refractivity contribution in [2.24, 2.45) is 0 Å². The highest BCUT2D eigenvalue weighted by Gasteiger charge is 2.54. The molecule has 2 aromatic carbocycles. The summed E-state index contributed by atoms with van der Waals surface area (Å²) in [6, 6.07) is 19.6. The number of thioether (sulfide) groups is 1. The molecule has 2 amide bonds. The van der Waals surface area contributed by atoms with E-state index in [0.717, 1.165) is 29.7 Å². The molecule has 0 saturated carbocycles. The molecule has 2 aromatic rings. The Bertz CT molecular complexity index is 861. The van der Waals surface area contributed by atoms with Crippen molar-refractivity contribution in [2.45, 2.75) is 43.3 Å². The lowest BCUT2D eigenvalue weighted by molar-refractivity contribution is -0.123. The number of rotatable bonds is 9. The maximum absolute atomic E-state index is 13.5. The highest BCUT2D eigenvalue weighted by Crippen LogP contribution is 2.47. The molecule has 0 spiro atoms. The fraction of sp³-hybridized carbons (Fsp3) is 0.417. The maximum Gasteiger partial charge on any atom is 0.322 e. The minimum atomic E-state index is -0.388. The van der Waals surface area contributed by atoms with Crippen LogP contribution in [0.25, 0.3) is 0 Å². The summed E-state index contributed by atoms with van der Waals surface area (Å²) in [6.07, 6.45) is 2.13. The number of urea groups is 1. The summed E-state index contributed by atoms with van der Waals surface area (Å²) < 4.78 is 5.11. The van der Waals surface area contributed by atoms with Crippen LogP contribution in [0.5, 0.6) is 0 Å². The van der Waals surface area contributed by atoms with E-state index in [-0.39, 0.29) is 29.3 Å². The van der Waals surface area contributed by atoms with E-state index in [2.05, 4.69) is 12.1 Å². The molecule has 0 radical (unpaired) electrons. The Morgan fingerprint density at radius 1 is 1.07 bits per heavy atom. The van der Waals surface area contributed by atoms with Crippen LogP contribution in [0.4, 0.5) is 4.79 Å². The molecule has 0 N–H and O–H groups in total. The Hall–Kier alpha value is -2.31. The number of ketones is 1. The average molecular weight is 425 g/mol. The van der Waals surface area contributed by atoms with Crippen molar-refractivity contribution in [3.05, 3.63) is 71.8 Å². The predicted octanol–water partition coefficient (Wildman–Crippen LogP) is 4.49. The molecule has 6 heteroatoms. The summed E-state index contributed by atoms with van der Waals surface area (Å²) in [5.74, 6) is 0.947. The van der Waals surface area contributed by atoms with E-state index in [9.17, 15) is 9.59 Å². The van der Waals surface area contributed by atoms with E-state index >= 15 is 0 Å². The number of amides is 2. The summed E-state index contributed by atoms with van der Waals surface area (Å²) in [6.45, 7) is 1.12. The van der Waals surface area contributed by atoms with Gasteiger partial charge in [0.15, 0.2) is 5.78 Å². The van der Waals surface area contributed by atoms with Crippen LogP contribution in [0.15, 0.2) is 60.7 Å². The molecule has 158 valence electrons. The second kappa shape index (κ2) is 9.67. The van der Waals surface area contributed by atoms with Gasteiger partial charge in [-0.25, -0.2) is 4.79 Å². The summed E-state index contributed by atoms with van der Waals surface area (Å²) in [5.41, 5.74) is 2.17. The molecule has 2 fully saturated rings. The van der Waals surface area contributed by atoms with Crippen molar-refractivity contribution in [3.63, 3.8) is 0 Å². The molecule has 2 aliphatic heterocycles. The Balaban J connectivity index is 1.58. The molecular weight excluding hydrogens is 396 g/mol. The standard InChI is InChI=1S/C24H28N2O3S/c1-29-15-9-8-14-21(27)22-20-17-30-23(19-12-6-3-7-13-19)26(20)24(28)25(22)16-18-10-4-2-5-11-18/h2-7,10-13,20,22-23H,8-9,14-17H2,1H3. The van der Waals surface area contributed by atoms with Crippen LogP contribution in [0.3, 0.4) is 0 Å². The van der Waals surface area contributed by atoms with Crippen LogP contribution in [-0.4, -0.2) is 53.2 Å². The van der Waals surface area contributed by atoms with Crippen molar-refractivity contribution in [1.29, 1.82) is 0 Å². The molecule has 5 nitrogen and oxygen atoms in total. The van der Waals surface area contributed by atoms with Crippen LogP contribution in [-0.2, 0) is 16.1 Å². The van der Waals surface area contributed by atoms with Crippen molar-refractivity contribution >= 4 is 23.6 Å². The van der Waals surface area contributed by atoms with Crippen LogP contribution in [0.1, 0.15) is 35.8 Å². The van der Waals surface area contributed by atoms with Crippen molar-refractivity contribution in [1.82, 2.24) is 9.80 Å². The van der Waals surface area contributed by atoms with Crippen molar-refractivity contribution in [3.8, 4) is 0 Å². The quantitative estimate of drug-likeness (QED) is 0.557. The van der Waals surface area contributed by atoms with E-state index < -0.39 is 0 Å². The number of benzene rings is 2. The van der Waals surface area contributed by atoms with Crippen molar-refractivity contribution in [2.75, 3.05) is 19.5 Å². The fourth-order valence-corrected chi connectivity index (χ4v) is 5.87. The molecule has 0 bridgehead atoms. The average Bonchev–Trinajstić information content (AvgIpc) is 3.32. The largest absolute Gasteiger partial charge is 0.385 e. The van der Waals surface area contributed by atoms with Gasteiger partial charge in [0.05, 0.1) is 6.04 Å². The second-order valence-corrected chi connectivity index (χ2v) is 8.94. The van der Waals surface area contributed by atoms with E-state index in [4.69, 9.17) is 4.74 Å². The van der Waals surface area contributed by atoms with Crippen LogP contribution in [0.2, 0.25) is 0 Å². The topological polar surface area (TPSA) is 49.9 Å². The number of nitrogens with zero attached hydrogens (tertiary/aromatic N) is 2. The predicted molar refractivity (Wildman–Crippen MR) is 119 cm³/mol. The number of carbonyl (C=O) groups is 2. The third kappa shape index (κ3) is 4.25. The van der Waals surface area contributed by atoms with E-state index in [1.165, 1.54) is 0 Å². The molecule has 0 aromatic heterocycles. The molecular formula is C24H28N2O3S. The first-order chi connectivity index (χ1) is 14.7. The zero-order valence-corrected chi connectivity index (χ0v) is 18.1. The maximum atomic E-state index is 13.5. The zero-order valence-electron chi connectivity index (χ0n) is 17.3. The van der Waals surface area contributed by atoms with Gasteiger partial charge < -0.3 is 14.5 Å². The van der Waals surface area contributed by atoms with Gasteiger partial charge in [-0.2, -0.15) is 0 Å². The molecule has 2 heterocycles. The van der Waals surface area contributed by atoms with Gasteiger partial charge in [0.1, 0.15) is 11.4 Å². The second-order valence-electron chi connectivity index (χ2n) is 7.83. The molecule has 0 aliphatic carbocycles. The van der Waals surface area contributed by atoms with Crippen LogP contribution >= 0.6 is 11.8 Å². The number of fused-ring (bicyclic) bond motifs is 1. The van der Waals surface area contributed by atoms with Gasteiger partial charge >= 0.3 is 6.03 Å². The molecule has 2 aliphatic rings. The van der Waals surface area contributed by atoms with Gasteiger partial charge in [-0.15, -0.1) is 11.8 Å². The number of Topliss-reactive ketones (excluding diaryl/α,β-unsaturated/α-hetero) is 1. The SMILES string of the molecule is COCCCCC(=O)C1C2CSC(c3ccccc3)N2C(=O)N1Cc1ccccc1. The minimum Gasteiger partial charge on any atom is -0.385 e. The summed E-state index contributed by atoms with van der Waals surface area (Å²) in [5, 5.41) is -0.0340. The lowest BCUT2D eigenvalue weighted by Crippen LogP contribution is -2.43. The van der Waals surface area contributed by atoms with Gasteiger partial charge in [-0.05, 0) is 24.0 Å². The third-order valence-corrected chi connectivity index (χ3v) is 7.18. The molecule has 30 heavy (non-hydrogen) atoms. The van der Waals surface area contributed by atoms with Crippen LogP contribution < -0.4 is 0 Å². The Morgan fingerprint density at radius 2 is 1.77 bits per heavy atom. The van der Waals surface area contributed by atoms with Crippen LogP contribution in [0, 0.1) is 0 Å². The van der Waals surface area contributed by atoms with Gasteiger partial charge in [0.2, 0.25) is 0 Å². The highest BCUT2D eigenvalue weighted by atomic mass is 32.2. The third-order valence-electron chi connectivity index (χ3n) is 5.83. The summed E-state index contributed by atoms with van der Waals surface area (Å²) in [7, 11) is 1.68. The van der Waals surface area contributed by atoms with Gasteiger partial charge in [-0.1, -0.05) is 60.7 Å². The number of unbranched alkanes of at least 4 members (excludes halogenated alkanes) is 1. The van der Waals surface area contributed by atoms with E-state index in [1.54, 1.807) is 23.8 Å². The highest BCUT2D eigenvalue weighted by molar-refractivity contribution is 7.99. The first-order valence-electron chi connectivity index (χ1n) is 10.5. The lowest BCUT2D eigenvalue weighted by Gasteiger charge is -2.25. The Morgan fingerprint density at radius 3 is 2.47 bits per heavy atom. The Kier molecular flexibility index (Phi) is 6.75. The number of hydrogen-bond donors (Lipinski definition) is 0. The Labute approximate surface area is 182 Å². The first kappa shape index (κ1) is 20.9. The van der Waals surface area contributed by atoms with E-state index in [1.807, 2.05) is 53.4 Å². The van der Waals surface area contributed by atoms with Gasteiger partial charge in [0, 0.05) is 32.4 Å². The smallest absolute Gasteiger partial charge is 0.322 e. The summed E-state index contributed by atoms with van der Waals surface area (Å²) >= 11 is 1.76. The van der Waals surface area contributed by atoms with Gasteiger partial charge in [0.25, 0.3) is 0 Å². The molecule has 2 saturated heterocycles. The van der Waals surface area contributed by atoms with Gasteiger partial charge in [-0.3, -0.25) is 4.79 Å². The number of hydrogen-bond acceptors (Lipinski definition) is 4. The number of ether oxygens (including phenoxy) is 1. The fourth-order valence-electron chi connectivity index (χ4n) is 4.39. The summed E-state index contributed by atoms with van der Waals surface area (Å²) in [4.78, 5) is 30.5. The number of carbonyl (C=O) groups excluding carboxylic acids is 2. The first-order valence-corrected chi connectivity index (χ1v) is 11.6. The lowest BCUT2D eigenvalue weighted by atomic mass is 9.99. The molecule has 3 unspecified atom stereocenters. The normalized spacial score (nSPS) is 23.1. The zero-order chi connectivity index (χ0) is 20.9. The number of methoxy groups -OCH3 is 1. The molecule has 4 rings (SSSR count). The monoisotopic (exact) mass is 424 g/mol. The van der Waals surface area contributed by atoms with E-state index in [0.29, 0.717) is 19.6 Å². The minimum absolute atomic E-state index is 0.0297. The molecule has 3 atom stereocenters.